The summed E-state index contributed by atoms with van der Waals surface area (Å²) in [5.41, 5.74) is 1.36. The molecule has 2 nitrogen and oxygen atoms in total. The second-order valence-corrected chi connectivity index (χ2v) is 3.74. The monoisotopic (exact) mass is 262 g/mol. The first kappa shape index (κ1) is 10.5. The third-order valence-electron chi connectivity index (χ3n) is 1.62. The molecule has 0 aliphatic carbocycles. The van der Waals surface area contributed by atoms with Crippen molar-refractivity contribution in [2.75, 3.05) is 7.11 Å². The largest absolute Gasteiger partial charge is 0.496 e. The summed E-state index contributed by atoms with van der Waals surface area (Å²) in [5.74, 6) is 0.615. The fraction of sp³-hybridized carbons (Fsp3) is 0.222. The summed E-state index contributed by atoms with van der Waals surface area (Å²) in [6.07, 6.45) is 0. The summed E-state index contributed by atoms with van der Waals surface area (Å²) in [4.78, 5) is 11.0. The zero-order chi connectivity index (χ0) is 10.0. The lowest BCUT2D eigenvalue weighted by molar-refractivity contribution is 0.108. The Morgan fingerprint density at radius 3 is 2.62 bits per heavy atom. The van der Waals surface area contributed by atoms with E-state index in [-0.39, 0.29) is 0 Å². The highest BCUT2D eigenvalue weighted by Crippen LogP contribution is 2.30. The summed E-state index contributed by atoms with van der Waals surface area (Å²) < 4.78 is 5.66. The van der Waals surface area contributed by atoms with Gasteiger partial charge in [0.25, 0.3) is 5.24 Å². The lowest BCUT2D eigenvalue weighted by Gasteiger charge is -2.07. The van der Waals surface area contributed by atoms with E-state index in [1.807, 2.05) is 13.0 Å². The van der Waals surface area contributed by atoms with Crippen molar-refractivity contribution in [2.45, 2.75) is 6.92 Å². The second-order valence-electron chi connectivity index (χ2n) is 2.60. The van der Waals surface area contributed by atoms with Crippen molar-refractivity contribution in [3.8, 4) is 5.75 Å². The Labute approximate surface area is 90.0 Å². The highest BCUT2D eigenvalue weighted by atomic mass is 79.9. The van der Waals surface area contributed by atoms with E-state index in [0.717, 1.165) is 5.56 Å². The quantitative estimate of drug-likeness (QED) is 0.766. The van der Waals surface area contributed by atoms with Crippen LogP contribution in [0.3, 0.4) is 0 Å². The van der Waals surface area contributed by atoms with E-state index in [2.05, 4.69) is 15.9 Å². The van der Waals surface area contributed by atoms with Crippen molar-refractivity contribution in [3.05, 3.63) is 27.7 Å². The van der Waals surface area contributed by atoms with Crippen LogP contribution in [0.15, 0.2) is 16.6 Å². The number of rotatable bonds is 2. The van der Waals surface area contributed by atoms with Gasteiger partial charge in [-0.1, -0.05) is 0 Å². The molecule has 0 aliphatic heterocycles. The smallest absolute Gasteiger partial charge is 0.253 e. The van der Waals surface area contributed by atoms with E-state index >= 15 is 0 Å². The van der Waals surface area contributed by atoms with Crippen LogP contribution in [0, 0.1) is 6.92 Å². The van der Waals surface area contributed by atoms with Crippen LogP contribution in [0.2, 0.25) is 0 Å². The van der Waals surface area contributed by atoms with Gasteiger partial charge in [0, 0.05) is 0 Å². The maximum Gasteiger partial charge on any atom is 0.253 e. The van der Waals surface area contributed by atoms with Crippen LogP contribution < -0.4 is 4.74 Å². The fourth-order valence-corrected chi connectivity index (χ4v) is 1.86. The van der Waals surface area contributed by atoms with Gasteiger partial charge in [0.15, 0.2) is 0 Å². The van der Waals surface area contributed by atoms with Gasteiger partial charge in [0.1, 0.15) is 5.75 Å². The Hall–Kier alpha value is -0.540. The second kappa shape index (κ2) is 4.11. The summed E-state index contributed by atoms with van der Waals surface area (Å²) in [6.45, 7) is 1.87. The molecule has 0 amide bonds. The van der Waals surface area contributed by atoms with Crippen LogP contribution in [-0.2, 0) is 0 Å². The molecular formula is C9H8BrClO2. The van der Waals surface area contributed by atoms with E-state index in [1.54, 1.807) is 13.2 Å². The average molecular weight is 264 g/mol. The maximum absolute atomic E-state index is 11.0. The van der Waals surface area contributed by atoms with Crippen molar-refractivity contribution in [3.63, 3.8) is 0 Å². The molecule has 70 valence electrons. The fourth-order valence-electron chi connectivity index (χ4n) is 1.03. The molecule has 0 bridgehead atoms. The van der Waals surface area contributed by atoms with Gasteiger partial charge in [-0.25, -0.2) is 0 Å². The number of methoxy groups -OCH3 is 1. The topological polar surface area (TPSA) is 26.3 Å². The van der Waals surface area contributed by atoms with Crippen molar-refractivity contribution >= 4 is 32.8 Å². The summed E-state index contributed by atoms with van der Waals surface area (Å²) in [7, 11) is 1.54. The van der Waals surface area contributed by atoms with Crippen LogP contribution in [0.5, 0.6) is 5.75 Å². The maximum atomic E-state index is 11.0. The van der Waals surface area contributed by atoms with Gasteiger partial charge in [-0.2, -0.15) is 0 Å². The Balaban J connectivity index is 3.35. The molecule has 0 heterocycles. The van der Waals surface area contributed by atoms with Crippen LogP contribution in [-0.4, -0.2) is 12.4 Å². The molecule has 0 saturated heterocycles. The standard InChI is InChI=1S/C9H8BrClO2/c1-5-3-6(9(11)12)8(10)7(4-5)13-2/h3-4H,1-2H3. The Bertz CT molecular complexity index is 350. The lowest BCUT2D eigenvalue weighted by atomic mass is 10.1. The van der Waals surface area contributed by atoms with Crippen molar-refractivity contribution in [1.29, 1.82) is 0 Å². The normalized spacial score (nSPS) is 9.85. The number of carbonyl (C=O) groups is 1. The minimum atomic E-state index is -0.492. The third kappa shape index (κ3) is 2.23. The number of ether oxygens (including phenoxy) is 1. The van der Waals surface area contributed by atoms with Gasteiger partial charge in [0.2, 0.25) is 0 Å². The lowest BCUT2D eigenvalue weighted by Crippen LogP contribution is -1.95. The van der Waals surface area contributed by atoms with E-state index < -0.39 is 5.24 Å². The molecule has 0 spiro atoms. The molecule has 0 aliphatic rings. The van der Waals surface area contributed by atoms with Gasteiger partial charge in [0.05, 0.1) is 17.1 Å². The van der Waals surface area contributed by atoms with Gasteiger partial charge < -0.3 is 4.74 Å². The predicted molar refractivity (Wildman–Crippen MR) is 55.6 cm³/mol. The van der Waals surface area contributed by atoms with E-state index in [1.165, 1.54) is 0 Å². The molecule has 13 heavy (non-hydrogen) atoms. The summed E-state index contributed by atoms with van der Waals surface area (Å²) in [5, 5.41) is -0.492. The van der Waals surface area contributed by atoms with E-state index in [4.69, 9.17) is 16.3 Å². The predicted octanol–water partition coefficient (Wildman–Crippen LogP) is 3.15. The average Bonchev–Trinajstić information content (AvgIpc) is 2.08. The van der Waals surface area contributed by atoms with Gasteiger partial charge in [-0.3, -0.25) is 4.79 Å². The number of aryl methyl sites for hydroxylation is 1. The SMILES string of the molecule is COc1cc(C)cc(C(=O)Cl)c1Br. The Morgan fingerprint density at radius 2 is 2.15 bits per heavy atom. The molecule has 0 saturated carbocycles. The first-order valence-electron chi connectivity index (χ1n) is 3.60. The zero-order valence-corrected chi connectivity index (χ0v) is 9.57. The summed E-state index contributed by atoms with van der Waals surface area (Å²) >= 11 is 8.63. The number of halogens is 2. The summed E-state index contributed by atoms with van der Waals surface area (Å²) in [6, 6.07) is 3.54. The molecule has 0 radical (unpaired) electrons. The first-order chi connectivity index (χ1) is 6.06. The number of benzene rings is 1. The number of hydrogen-bond donors (Lipinski definition) is 0. The third-order valence-corrected chi connectivity index (χ3v) is 2.64. The van der Waals surface area contributed by atoms with Gasteiger partial charge >= 0.3 is 0 Å². The molecule has 1 aromatic rings. The van der Waals surface area contributed by atoms with Gasteiger partial charge in [-0.15, -0.1) is 0 Å². The number of carbonyl (C=O) groups excluding carboxylic acids is 1. The Morgan fingerprint density at radius 1 is 1.54 bits per heavy atom. The van der Waals surface area contributed by atoms with Crippen LogP contribution >= 0.6 is 27.5 Å². The molecule has 0 unspecified atom stereocenters. The molecule has 4 heteroatoms. The zero-order valence-electron chi connectivity index (χ0n) is 7.23. The van der Waals surface area contributed by atoms with Crippen molar-refractivity contribution in [1.82, 2.24) is 0 Å². The molecule has 1 aromatic carbocycles. The van der Waals surface area contributed by atoms with Crippen LogP contribution in [0.4, 0.5) is 0 Å². The number of hydrogen-bond acceptors (Lipinski definition) is 2. The first-order valence-corrected chi connectivity index (χ1v) is 4.77. The minimum Gasteiger partial charge on any atom is -0.496 e. The van der Waals surface area contributed by atoms with Crippen LogP contribution in [0.25, 0.3) is 0 Å². The van der Waals surface area contributed by atoms with E-state index in [9.17, 15) is 4.79 Å². The van der Waals surface area contributed by atoms with Crippen molar-refractivity contribution < 1.29 is 9.53 Å². The molecule has 0 aromatic heterocycles. The Kier molecular flexibility index (Phi) is 3.33. The van der Waals surface area contributed by atoms with E-state index in [0.29, 0.717) is 15.8 Å². The molecule has 0 atom stereocenters. The highest BCUT2D eigenvalue weighted by Gasteiger charge is 2.12. The molecule has 0 fully saturated rings. The van der Waals surface area contributed by atoms with Gasteiger partial charge in [-0.05, 0) is 52.2 Å². The molecular weight excluding hydrogens is 255 g/mol. The highest BCUT2D eigenvalue weighted by molar-refractivity contribution is 9.10. The van der Waals surface area contributed by atoms with Crippen LogP contribution in [0.1, 0.15) is 15.9 Å². The molecule has 1 rings (SSSR count). The minimum absolute atomic E-state index is 0.429. The van der Waals surface area contributed by atoms with Crippen molar-refractivity contribution in [2.24, 2.45) is 0 Å². The molecule has 0 N–H and O–H groups in total.